The fourth-order valence-electron chi connectivity index (χ4n) is 4.53. The van der Waals surface area contributed by atoms with Crippen molar-refractivity contribution in [1.82, 2.24) is 15.5 Å². The quantitative estimate of drug-likeness (QED) is 0.739. The molecule has 1 aliphatic heterocycles. The molecule has 0 bridgehead atoms. The number of hydrogen-bond donors (Lipinski definition) is 2. The van der Waals surface area contributed by atoms with Crippen LogP contribution in [0, 0.1) is 11.3 Å². The highest BCUT2D eigenvalue weighted by atomic mass is 19.4. The number of halogens is 3. The third-order valence-corrected chi connectivity index (χ3v) is 6.45. The Bertz CT molecular complexity index is 664. The van der Waals surface area contributed by atoms with Gasteiger partial charge in [0.05, 0.1) is 11.6 Å². The van der Waals surface area contributed by atoms with E-state index in [2.05, 4.69) is 15.5 Å². The van der Waals surface area contributed by atoms with E-state index in [-0.39, 0.29) is 23.3 Å². The smallest absolute Gasteiger partial charge is 0.354 e. The molecule has 1 saturated carbocycles. The molecule has 1 amide bonds. The number of amides is 1. The van der Waals surface area contributed by atoms with Crippen molar-refractivity contribution in [1.29, 1.82) is 0 Å². The number of carbonyl (C=O) groups excluding carboxylic acids is 1. The Hall–Kier alpha value is -1.60. The normalized spacial score (nSPS) is 22.3. The summed E-state index contributed by atoms with van der Waals surface area (Å²) in [5, 5.41) is 6.42. The van der Waals surface area contributed by atoms with E-state index in [9.17, 15) is 18.0 Å². The topological polar surface area (TPSA) is 44.4 Å². The molecule has 7 heteroatoms. The first-order valence-electron chi connectivity index (χ1n) is 10.2. The van der Waals surface area contributed by atoms with Gasteiger partial charge in [0.2, 0.25) is 5.91 Å². The van der Waals surface area contributed by atoms with Gasteiger partial charge >= 0.3 is 6.18 Å². The van der Waals surface area contributed by atoms with Gasteiger partial charge in [-0.25, -0.2) is 0 Å². The maximum absolute atomic E-state index is 12.9. The number of hydrogen-bond acceptors (Lipinski definition) is 3. The van der Waals surface area contributed by atoms with Gasteiger partial charge in [-0.3, -0.25) is 9.69 Å². The molecule has 2 unspecified atom stereocenters. The van der Waals surface area contributed by atoms with Crippen LogP contribution in [0.1, 0.15) is 50.3 Å². The summed E-state index contributed by atoms with van der Waals surface area (Å²) in [7, 11) is 0. The molecular formula is C21H30F3N3O. The zero-order valence-corrected chi connectivity index (χ0v) is 16.6. The van der Waals surface area contributed by atoms with E-state index < -0.39 is 11.7 Å². The number of nitrogens with zero attached hydrogens (tertiary/aromatic N) is 1. The van der Waals surface area contributed by atoms with Crippen molar-refractivity contribution in [2.24, 2.45) is 11.3 Å². The van der Waals surface area contributed by atoms with Crippen LogP contribution in [0.15, 0.2) is 24.3 Å². The van der Waals surface area contributed by atoms with Crippen LogP contribution in [-0.4, -0.2) is 43.5 Å². The standard InChI is InChI=1S/C21H30F3N3O/c1-3-27(4-2)18(15-5-7-16(8-6-15)21(22,23)24)14-26-19(28)17-13-20(17)9-11-25-12-10-20/h5-8,17-18,25H,3-4,9-14H2,1-2H3,(H,26,28). The molecule has 2 aliphatic rings. The molecule has 156 valence electrons. The van der Waals surface area contributed by atoms with Crippen LogP contribution >= 0.6 is 0 Å². The van der Waals surface area contributed by atoms with Gasteiger partial charge in [0.25, 0.3) is 0 Å². The van der Waals surface area contributed by atoms with Crippen LogP contribution in [-0.2, 0) is 11.0 Å². The Morgan fingerprint density at radius 1 is 1.21 bits per heavy atom. The molecule has 3 rings (SSSR count). The van der Waals surface area contributed by atoms with Gasteiger partial charge in [-0.2, -0.15) is 13.2 Å². The zero-order valence-electron chi connectivity index (χ0n) is 16.6. The molecule has 1 heterocycles. The van der Waals surface area contributed by atoms with Gasteiger partial charge in [-0.05, 0) is 68.6 Å². The molecule has 0 radical (unpaired) electrons. The van der Waals surface area contributed by atoms with E-state index in [0.717, 1.165) is 63.1 Å². The highest BCUT2D eigenvalue weighted by molar-refractivity contribution is 5.82. The summed E-state index contributed by atoms with van der Waals surface area (Å²) >= 11 is 0. The van der Waals surface area contributed by atoms with Gasteiger partial charge in [0.15, 0.2) is 0 Å². The summed E-state index contributed by atoms with van der Waals surface area (Å²) in [5.74, 6) is 0.172. The molecule has 1 aromatic carbocycles. The van der Waals surface area contributed by atoms with Gasteiger partial charge in [-0.15, -0.1) is 0 Å². The van der Waals surface area contributed by atoms with Crippen molar-refractivity contribution >= 4 is 5.91 Å². The lowest BCUT2D eigenvalue weighted by Crippen LogP contribution is -2.40. The van der Waals surface area contributed by atoms with Crippen LogP contribution in [0.25, 0.3) is 0 Å². The van der Waals surface area contributed by atoms with E-state index in [1.54, 1.807) is 0 Å². The highest BCUT2D eigenvalue weighted by Gasteiger charge is 2.57. The van der Waals surface area contributed by atoms with E-state index in [4.69, 9.17) is 0 Å². The maximum Gasteiger partial charge on any atom is 0.416 e. The summed E-state index contributed by atoms with van der Waals surface area (Å²) in [6.07, 6.45) is -1.30. The maximum atomic E-state index is 12.9. The van der Waals surface area contributed by atoms with Gasteiger partial charge in [-0.1, -0.05) is 26.0 Å². The Morgan fingerprint density at radius 3 is 2.36 bits per heavy atom. The monoisotopic (exact) mass is 397 g/mol. The average molecular weight is 397 g/mol. The van der Waals surface area contributed by atoms with E-state index in [1.807, 2.05) is 13.8 Å². The first-order valence-corrected chi connectivity index (χ1v) is 10.2. The summed E-state index contributed by atoms with van der Waals surface area (Å²) in [4.78, 5) is 14.9. The second kappa shape index (κ2) is 8.41. The number of alkyl halides is 3. The molecule has 4 nitrogen and oxygen atoms in total. The number of nitrogens with one attached hydrogen (secondary N) is 2. The lowest BCUT2D eigenvalue weighted by molar-refractivity contribution is -0.137. The number of carbonyl (C=O) groups is 1. The summed E-state index contributed by atoms with van der Waals surface area (Å²) < 4.78 is 38.6. The molecular weight excluding hydrogens is 367 g/mol. The minimum Gasteiger partial charge on any atom is -0.354 e. The van der Waals surface area contributed by atoms with Crippen LogP contribution in [0.2, 0.25) is 0 Å². The lowest BCUT2D eigenvalue weighted by atomic mass is 9.91. The highest BCUT2D eigenvalue weighted by Crippen LogP contribution is 2.58. The molecule has 28 heavy (non-hydrogen) atoms. The predicted octanol–water partition coefficient (Wildman–Crippen LogP) is 3.59. The zero-order chi connectivity index (χ0) is 20.4. The van der Waals surface area contributed by atoms with Crippen molar-refractivity contribution in [2.75, 3.05) is 32.7 Å². The summed E-state index contributed by atoms with van der Waals surface area (Å²) in [6.45, 7) is 7.92. The van der Waals surface area contributed by atoms with E-state index in [1.165, 1.54) is 12.1 Å². The minimum atomic E-state index is -4.34. The Labute approximate surface area is 164 Å². The number of piperidine rings is 1. The second-order valence-corrected chi connectivity index (χ2v) is 7.97. The Morgan fingerprint density at radius 2 is 1.82 bits per heavy atom. The third kappa shape index (κ3) is 4.51. The van der Waals surface area contributed by atoms with E-state index >= 15 is 0 Å². The summed E-state index contributed by atoms with van der Waals surface area (Å²) in [5.41, 5.74) is 0.322. The first-order chi connectivity index (χ1) is 13.3. The van der Waals surface area contributed by atoms with Gasteiger partial charge in [0.1, 0.15) is 0 Å². The predicted molar refractivity (Wildman–Crippen MR) is 103 cm³/mol. The molecule has 1 aromatic rings. The van der Waals surface area contributed by atoms with Gasteiger partial charge < -0.3 is 10.6 Å². The van der Waals surface area contributed by atoms with Crippen molar-refractivity contribution in [3.8, 4) is 0 Å². The van der Waals surface area contributed by atoms with Gasteiger partial charge in [0, 0.05) is 12.5 Å². The van der Waals surface area contributed by atoms with Crippen molar-refractivity contribution in [3.63, 3.8) is 0 Å². The molecule has 0 aromatic heterocycles. The van der Waals surface area contributed by atoms with Crippen LogP contribution in [0.5, 0.6) is 0 Å². The Kier molecular flexibility index (Phi) is 6.34. The fraction of sp³-hybridized carbons (Fsp3) is 0.667. The fourth-order valence-corrected chi connectivity index (χ4v) is 4.53. The molecule has 2 fully saturated rings. The van der Waals surface area contributed by atoms with Crippen LogP contribution in [0.3, 0.4) is 0 Å². The van der Waals surface area contributed by atoms with E-state index in [0.29, 0.717) is 6.54 Å². The molecule has 2 N–H and O–H groups in total. The van der Waals surface area contributed by atoms with Crippen molar-refractivity contribution in [3.05, 3.63) is 35.4 Å². The molecule has 1 aliphatic carbocycles. The molecule has 1 spiro atoms. The van der Waals surface area contributed by atoms with Crippen LogP contribution < -0.4 is 10.6 Å². The second-order valence-electron chi connectivity index (χ2n) is 7.97. The average Bonchev–Trinajstić information content (AvgIpc) is 3.37. The summed E-state index contributed by atoms with van der Waals surface area (Å²) in [6, 6.07) is 5.17. The largest absolute Gasteiger partial charge is 0.416 e. The van der Waals surface area contributed by atoms with Crippen LogP contribution in [0.4, 0.5) is 13.2 Å². The number of likely N-dealkylation sites (N-methyl/N-ethyl adjacent to an activating group) is 1. The first kappa shape index (κ1) is 21.1. The minimum absolute atomic E-state index is 0.0829. The molecule has 2 atom stereocenters. The molecule has 1 saturated heterocycles. The number of benzene rings is 1. The van der Waals surface area contributed by atoms with Crippen molar-refractivity contribution < 1.29 is 18.0 Å². The van der Waals surface area contributed by atoms with Crippen molar-refractivity contribution in [2.45, 2.75) is 45.3 Å². The SMILES string of the molecule is CCN(CC)C(CNC(=O)C1CC12CCNCC2)c1ccc(C(F)(F)F)cc1. The third-order valence-electron chi connectivity index (χ3n) is 6.45. The number of rotatable bonds is 7. The lowest BCUT2D eigenvalue weighted by Gasteiger charge is -2.31. The Balaban J connectivity index is 1.66.